The van der Waals surface area contributed by atoms with Gasteiger partial charge < -0.3 is 15.4 Å². The maximum absolute atomic E-state index is 13.8. The molecule has 5 heteroatoms. The first-order valence-electron chi connectivity index (χ1n) is 5.97. The summed E-state index contributed by atoms with van der Waals surface area (Å²) in [6.45, 7) is 5.43. The summed E-state index contributed by atoms with van der Waals surface area (Å²) in [5.74, 6) is -0.369. The molecule has 98 valence electrons. The van der Waals surface area contributed by atoms with Gasteiger partial charge in [-0.1, -0.05) is 18.3 Å². The van der Waals surface area contributed by atoms with Crippen molar-refractivity contribution in [1.82, 2.24) is 0 Å². The van der Waals surface area contributed by atoms with E-state index in [1.807, 2.05) is 19.9 Å². The summed E-state index contributed by atoms with van der Waals surface area (Å²) in [5, 5.41) is 0. The molecule has 3 nitrogen and oxygen atoms in total. The molecule has 0 saturated carbocycles. The number of morpholine rings is 1. The number of halogens is 1. The van der Waals surface area contributed by atoms with Crippen LogP contribution in [0.15, 0.2) is 18.2 Å². The Hall–Kier alpha value is -1.20. The summed E-state index contributed by atoms with van der Waals surface area (Å²) in [4.78, 5) is 2.17. The second kappa shape index (κ2) is 5.20. The van der Waals surface area contributed by atoms with Gasteiger partial charge in [0.15, 0.2) is 0 Å². The molecule has 0 spiro atoms. The molecule has 0 amide bonds. The highest BCUT2D eigenvalue weighted by atomic mass is 32.1. The molecule has 1 fully saturated rings. The summed E-state index contributed by atoms with van der Waals surface area (Å²) in [5.41, 5.74) is 6.71. The van der Waals surface area contributed by atoms with Gasteiger partial charge in [-0.25, -0.2) is 4.39 Å². The van der Waals surface area contributed by atoms with Crippen LogP contribution in [-0.4, -0.2) is 30.3 Å². The molecule has 0 radical (unpaired) electrons. The van der Waals surface area contributed by atoms with Gasteiger partial charge in [-0.3, -0.25) is 0 Å². The van der Waals surface area contributed by atoms with Crippen molar-refractivity contribution >= 4 is 22.9 Å². The van der Waals surface area contributed by atoms with Crippen LogP contribution in [-0.2, 0) is 4.74 Å². The van der Waals surface area contributed by atoms with Crippen molar-refractivity contribution in [2.24, 2.45) is 5.73 Å². The van der Waals surface area contributed by atoms with E-state index in [1.165, 1.54) is 6.07 Å². The summed E-state index contributed by atoms with van der Waals surface area (Å²) in [7, 11) is 0. The van der Waals surface area contributed by atoms with Crippen molar-refractivity contribution in [2.45, 2.75) is 26.1 Å². The molecule has 1 aromatic carbocycles. The molecule has 0 aromatic heterocycles. The summed E-state index contributed by atoms with van der Waals surface area (Å²) >= 11 is 4.95. The van der Waals surface area contributed by atoms with Crippen molar-refractivity contribution in [1.29, 1.82) is 0 Å². The molecular weight excluding hydrogens is 251 g/mol. The number of benzene rings is 1. The SMILES string of the molecule is C[C@@H]1CN(c2cccc(F)c2C(N)=S)C[C@H](C)O1. The number of thiocarbonyl (C=S) groups is 1. The lowest BCUT2D eigenvalue weighted by Crippen LogP contribution is -2.46. The molecule has 18 heavy (non-hydrogen) atoms. The van der Waals surface area contributed by atoms with Crippen LogP contribution in [0.2, 0.25) is 0 Å². The molecule has 0 unspecified atom stereocenters. The summed E-state index contributed by atoms with van der Waals surface area (Å²) in [6, 6.07) is 4.91. The molecule has 1 aromatic rings. The second-order valence-corrected chi connectivity index (χ2v) is 5.10. The highest BCUT2D eigenvalue weighted by Gasteiger charge is 2.25. The smallest absolute Gasteiger partial charge is 0.135 e. The fourth-order valence-corrected chi connectivity index (χ4v) is 2.60. The van der Waals surface area contributed by atoms with E-state index < -0.39 is 0 Å². The Morgan fingerprint density at radius 3 is 2.56 bits per heavy atom. The maximum atomic E-state index is 13.8. The van der Waals surface area contributed by atoms with Crippen molar-refractivity contribution in [3.05, 3.63) is 29.6 Å². The van der Waals surface area contributed by atoms with Crippen LogP contribution in [0.1, 0.15) is 19.4 Å². The van der Waals surface area contributed by atoms with Crippen molar-refractivity contribution in [3.8, 4) is 0 Å². The largest absolute Gasteiger partial charge is 0.389 e. The Kier molecular flexibility index (Phi) is 3.82. The standard InChI is InChI=1S/C13H17FN2OS/c1-8-6-16(7-9(2)17-8)11-5-3-4-10(14)12(11)13(15)18/h3-5,8-9H,6-7H2,1-2H3,(H2,15,18)/t8-,9+. The number of nitrogens with zero attached hydrogens (tertiary/aromatic N) is 1. The Morgan fingerprint density at radius 2 is 2.00 bits per heavy atom. The van der Waals surface area contributed by atoms with Crippen molar-refractivity contribution in [3.63, 3.8) is 0 Å². The Labute approximate surface area is 112 Å². The van der Waals surface area contributed by atoms with Crippen molar-refractivity contribution < 1.29 is 9.13 Å². The average Bonchev–Trinajstić information content (AvgIpc) is 2.26. The van der Waals surface area contributed by atoms with Gasteiger partial charge in [0.2, 0.25) is 0 Å². The number of ether oxygens (including phenoxy) is 1. The van der Waals surface area contributed by atoms with Gasteiger partial charge in [0.05, 0.1) is 23.5 Å². The van der Waals surface area contributed by atoms with E-state index in [2.05, 4.69) is 4.90 Å². The molecular formula is C13H17FN2OS. The predicted molar refractivity (Wildman–Crippen MR) is 74.5 cm³/mol. The zero-order chi connectivity index (χ0) is 13.3. The van der Waals surface area contributed by atoms with Gasteiger partial charge in [-0.05, 0) is 26.0 Å². The third-order valence-corrected chi connectivity index (χ3v) is 3.20. The molecule has 0 bridgehead atoms. The molecule has 1 heterocycles. The molecule has 0 aliphatic carbocycles. The van der Waals surface area contributed by atoms with Crippen LogP contribution < -0.4 is 10.6 Å². The minimum atomic E-state index is -0.369. The summed E-state index contributed by atoms with van der Waals surface area (Å²) in [6.07, 6.45) is 0.215. The van der Waals surface area contributed by atoms with E-state index in [0.29, 0.717) is 18.7 Å². The van der Waals surface area contributed by atoms with Gasteiger partial charge in [-0.15, -0.1) is 0 Å². The third kappa shape index (κ3) is 2.62. The first kappa shape index (κ1) is 13.2. The highest BCUT2D eigenvalue weighted by molar-refractivity contribution is 7.80. The van der Waals surface area contributed by atoms with Gasteiger partial charge in [0.1, 0.15) is 10.8 Å². The van der Waals surface area contributed by atoms with E-state index in [0.717, 1.165) is 5.69 Å². The molecule has 1 aliphatic rings. The van der Waals surface area contributed by atoms with Gasteiger partial charge in [-0.2, -0.15) is 0 Å². The molecule has 2 rings (SSSR count). The Bertz CT molecular complexity index is 456. The van der Waals surface area contributed by atoms with E-state index >= 15 is 0 Å². The van der Waals surface area contributed by atoms with Gasteiger partial charge in [0.25, 0.3) is 0 Å². The molecule has 1 aliphatic heterocycles. The van der Waals surface area contributed by atoms with Crippen LogP contribution in [0.4, 0.5) is 10.1 Å². The van der Waals surface area contributed by atoms with Crippen LogP contribution in [0.3, 0.4) is 0 Å². The number of anilines is 1. The molecule has 1 saturated heterocycles. The Balaban J connectivity index is 2.38. The Morgan fingerprint density at radius 1 is 1.39 bits per heavy atom. The van der Waals surface area contributed by atoms with Gasteiger partial charge >= 0.3 is 0 Å². The number of hydrogen-bond donors (Lipinski definition) is 1. The normalized spacial score (nSPS) is 24.1. The van der Waals surface area contributed by atoms with Crippen LogP contribution >= 0.6 is 12.2 Å². The molecule has 2 N–H and O–H groups in total. The maximum Gasteiger partial charge on any atom is 0.135 e. The molecule has 2 atom stereocenters. The van der Waals surface area contributed by atoms with Crippen LogP contribution in [0.5, 0.6) is 0 Å². The minimum absolute atomic E-state index is 0.0925. The van der Waals surface area contributed by atoms with Crippen LogP contribution in [0, 0.1) is 5.82 Å². The monoisotopic (exact) mass is 268 g/mol. The number of rotatable bonds is 2. The van der Waals surface area contributed by atoms with E-state index in [1.54, 1.807) is 6.07 Å². The van der Waals surface area contributed by atoms with Gasteiger partial charge in [0, 0.05) is 13.1 Å². The average molecular weight is 268 g/mol. The first-order chi connectivity index (χ1) is 8.49. The van der Waals surface area contributed by atoms with Crippen molar-refractivity contribution in [2.75, 3.05) is 18.0 Å². The number of nitrogens with two attached hydrogens (primary N) is 1. The lowest BCUT2D eigenvalue weighted by Gasteiger charge is -2.37. The summed E-state index contributed by atoms with van der Waals surface area (Å²) < 4.78 is 19.5. The number of hydrogen-bond acceptors (Lipinski definition) is 3. The topological polar surface area (TPSA) is 38.5 Å². The zero-order valence-electron chi connectivity index (χ0n) is 10.5. The first-order valence-corrected chi connectivity index (χ1v) is 6.38. The van der Waals surface area contributed by atoms with E-state index in [9.17, 15) is 4.39 Å². The predicted octanol–water partition coefficient (Wildman–Crippen LogP) is 2.07. The lowest BCUT2D eigenvalue weighted by atomic mass is 10.1. The lowest BCUT2D eigenvalue weighted by molar-refractivity contribution is -0.00524. The second-order valence-electron chi connectivity index (χ2n) is 4.66. The quantitative estimate of drug-likeness (QED) is 0.833. The van der Waals surface area contributed by atoms with Crippen LogP contribution in [0.25, 0.3) is 0 Å². The fourth-order valence-electron chi connectivity index (χ4n) is 2.39. The highest BCUT2D eigenvalue weighted by Crippen LogP contribution is 2.26. The third-order valence-electron chi connectivity index (χ3n) is 3.00. The fraction of sp³-hybridized carbons (Fsp3) is 0.462. The minimum Gasteiger partial charge on any atom is -0.389 e. The van der Waals surface area contributed by atoms with E-state index in [-0.39, 0.29) is 23.0 Å². The zero-order valence-corrected chi connectivity index (χ0v) is 11.3. The van der Waals surface area contributed by atoms with E-state index in [4.69, 9.17) is 22.7 Å².